The van der Waals surface area contributed by atoms with Crippen LogP contribution < -0.4 is 4.74 Å². The molecule has 31 heavy (non-hydrogen) atoms. The van der Waals surface area contributed by atoms with E-state index < -0.39 is 5.25 Å². The van der Waals surface area contributed by atoms with E-state index in [0.717, 1.165) is 30.0 Å². The zero-order valence-electron chi connectivity index (χ0n) is 17.2. The van der Waals surface area contributed by atoms with E-state index in [4.69, 9.17) is 33.5 Å². The van der Waals surface area contributed by atoms with Crippen LogP contribution in [-0.4, -0.2) is 32.0 Å². The fraction of sp³-hybridized carbons (Fsp3) is 0.273. The minimum atomic E-state index is -0.484. The van der Waals surface area contributed by atoms with Gasteiger partial charge in [-0.25, -0.2) is 0 Å². The van der Waals surface area contributed by atoms with E-state index in [2.05, 4.69) is 39.4 Å². The van der Waals surface area contributed by atoms with Gasteiger partial charge < -0.3 is 13.8 Å². The van der Waals surface area contributed by atoms with Crippen molar-refractivity contribution >= 4 is 24.2 Å². The van der Waals surface area contributed by atoms with Crippen molar-refractivity contribution in [2.45, 2.75) is 31.6 Å². The Kier molecular flexibility index (Phi) is 6.58. The van der Waals surface area contributed by atoms with Crippen LogP contribution in [0.25, 0.3) is 11.4 Å². The number of aryl methyl sites for hydroxylation is 2. The molecule has 7 nitrogen and oxygen atoms in total. The standard InChI is InChI=1S/C22H22ClN5O2S/c1-3-28-18(12-9-14-7-10-17(29-2)11-8-14)25-26-21(28)19(31)22-24-20(27-30-22)15-5-4-6-16(23)13-15/h4-8,10-11,13,19,31H,3,9,12H2,1-2H3. The maximum absolute atomic E-state index is 6.06. The van der Waals surface area contributed by atoms with Crippen molar-refractivity contribution in [3.8, 4) is 17.1 Å². The molecule has 4 aromatic rings. The first kappa shape index (κ1) is 21.4. The van der Waals surface area contributed by atoms with Gasteiger partial charge in [0.05, 0.1) is 7.11 Å². The Labute approximate surface area is 190 Å². The molecule has 0 bridgehead atoms. The number of aromatic nitrogens is 5. The number of rotatable bonds is 8. The lowest BCUT2D eigenvalue weighted by Crippen LogP contribution is -2.10. The summed E-state index contributed by atoms with van der Waals surface area (Å²) >= 11 is 10.8. The monoisotopic (exact) mass is 455 g/mol. The first-order chi connectivity index (χ1) is 15.1. The normalized spacial score (nSPS) is 12.1. The average molecular weight is 456 g/mol. The molecule has 0 spiro atoms. The van der Waals surface area contributed by atoms with Crippen molar-refractivity contribution < 1.29 is 9.26 Å². The lowest BCUT2D eigenvalue weighted by atomic mass is 10.1. The predicted molar refractivity (Wildman–Crippen MR) is 122 cm³/mol. The number of hydrogen-bond acceptors (Lipinski definition) is 7. The Balaban J connectivity index is 1.51. The van der Waals surface area contributed by atoms with Crippen LogP contribution >= 0.6 is 24.2 Å². The number of benzene rings is 2. The minimum Gasteiger partial charge on any atom is -0.497 e. The van der Waals surface area contributed by atoms with Crippen LogP contribution in [0.3, 0.4) is 0 Å². The number of ether oxygens (including phenoxy) is 1. The van der Waals surface area contributed by atoms with Crippen LogP contribution in [0.1, 0.15) is 35.3 Å². The molecule has 2 aromatic carbocycles. The smallest absolute Gasteiger partial charge is 0.247 e. The molecule has 1 atom stereocenters. The molecule has 0 fully saturated rings. The van der Waals surface area contributed by atoms with Crippen LogP contribution in [-0.2, 0) is 19.4 Å². The van der Waals surface area contributed by atoms with Crippen molar-refractivity contribution in [3.63, 3.8) is 0 Å². The summed E-state index contributed by atoms with van der Waals surface area (Å²) in [5.74, 6) is 3.23. The molecule has 4 rings (SSSR count). The Morgan fingerprint density at radius 2 is 1.94 bits per heavy atom. The minimum absolute atomic E-state index is 0.363. The van der Waals surface area contributed by atoms with Crippen LogP contribution in [0.4, 0.5) is 0 Å². The molecule has 0 aliphatic heterocycles. The summed E-state index contributed by atoms with van der Waals surface area (Å²) in [6.45, 7) is 2.77. The van der Waals surface area contributed by atoms with E-state index >= 15 is 0 Å². The molecule has 0 radical (unpaired) electrons. The molecular weight excluding hydrogens is 434 g/mol. The Morgan fingerprint density at radius 3 is 2.65 bits per heavy atom. The quantitative estimate of drug-likeness (QED) is 0.384. The molecular formula is C22H22ClN5O2S. The van der Waals surface area contributed by atoms with Gasteiger partial charge in [-0.15, -0.1) is 10.2 Å². The third-order valence-corrected chi connectivity index (χ3v) is 5.66. The maximum Gasteiger partial charge on any atom is 0.247 e. The molecule has 0 saturated carbocycles. The Bertz CT molecular complexity index is 1160. The van der Waals surface area contributed by atoms with Gasteiger partial charge in [-0.05, 0) is 43.2 Å². The second kappa shape index (κ2) is 9.53. The third-order valence-electron chi connectivity index (χ3n) is 4.97. The first-order valence-corrected chi connectivity index (χ1v) is 10.8. The van der Waals surface area contributed by atoms with Gasteiger partial charge in [0, 0.05) is 23.6 Å². The van der Waals surface area contributed by atoms with Crippen molar-refractivity contribution in [3.05, 3.63) is 76.7 Å². The Morgan fingerprint density at radius 1 is 1.13 bits per heavy atom. The van der Waals surface area contributed by atoms with Crippen LogP contribution in [0.15, 0.2) is 53.1 Å². The molecule has 0 saturated heterocycles. The van der Waals surface area contributed by atoms with Crippen molar-refractivity contribution in [1.29, 1.82) is 0 Å². The van der Waals surface area contributed by atoms with E-state index in [1.807, 2.05) is 28.8 Å². The van der Waals surface area contributed by atoms with E-state index in [0.29, 0.717) is 29.1 Å². The van der Waals surface area contributed by atoms with Gasteiger partial charge >= 0.3 is 0 Å². The highest BCUT2D eigenvalue weighted by Gasteiger charge is 2.24. The fourth-order valence-corrected chi connectivity index (χ4v) is 3.82. The summed E-state index contributed by atoms with van der Waals surface area (Å²) in [6, 6.07) is 15.3. The molecule has 0 amide bonds. The lowest BCUT2D eigenvalue weighted by Gasteiger charge is -2.10. The van der Waals surface area contributed by atoms with Crippen molar-refractivity contribution in [1.82, 2.24) is 24.9 Å². The molecule has 0 N–H and O–H groups in total. The summed E-state index contributed by atoms with van der Waals surface area (Å²) in [5.41, 5.74) is 1.98. The average Bonchev–Trinajstić information content (AvgIpc) is 3.45. The van der Waals surface area contributed by atoms with Gasteiger partial charge in [-0.3, -0.25) is 0 Å². The van der Waals surface area contributed by atoms with Gasteiger partial charge in [0.15, 0.2) is 5.82 Å². The zero-order valence-corrected chi connectivity index (χ0v) is 18.8. The highest BCUT2D eigenvalue weighted by molar-refractivity contribution is 7.80. The number of methoxy groups -OCH3 is 1. The van der Waals surface area contributed by atoms with E-state index in [1.54, 1.807) is 19.2 Å². The van der Waals surface area contributed by atoms with Crippen LogP contribution in [0.2, 0.25) is 5.02 Å². The fourth-order valence-electron chi connectivity index (χ4n) is 3.33. The van der Waals surface area contributed by atoms with Gasteiger partial charge in [0.1, 0.15) is 16.8 Å². The highest BCUT2D eigenvalue weighted by atomic mass is 35.5. The number of hydrogen-bond donors (Lipinski definition) is 1. The van der Waals surface area contributed by atoms with E-state index in [1.165, 1.54) is 5.56 Å². The summed E-state index contributed by atoms with van der Waals surface area (Å²) in [7, 11) is 1.66. The maximum atomic E-state index is 6.06. The summed E-state index contributed by atoms with van der Waals surface area (Å²) < 4.78 is 12.7. The molecule has 2 aromatic heterocycles. The SMILES string of the molecule is CCn1c(CCc2ccc(OC)cc2)nnc1C(S)c1nc(-c2cccc(Cl)c2)no1. The molecule has 1 unspecified atom stereocenters. The van der Waals surface area contributed by atoms with Gasteiger partial charge in [-0.1, -0.05) is 41.0 Å². The predicted octanol–water partition coefficient (Wildman–Crippen LogP) is 4.81. The second-order valence-corrected chi connectivity index (χ2v) is 7.89. The molecule has 0 aliphatic rings. The van der Waals surface area contributed by atoms with E-state index in [9.17, 15) is 0 Å². The number of nitrogens with zero attached hydrogens (tertiary/aromatic N) is 5. The first-order valence-electron chi connectivity index (χ1n) is 9.91. The molecule has 9 heteroatoms. The summed E-state index contributed by atoms with van der Waals surface area (Å²) in [5, 5.41) is 12.9. The van der Waals surface area contributed by atoms with Crippen LogP contribution in [0.5, 0.6) is 5.75 Å². The van der Waals surface area contributed by atoms with E-state index in [-0.39, 0.29) is 0 Å². The molecule has 2 heterocycles. The number of thiol groups is 1. The van der Waals surface area contributed by atoms with Gasteiger partial charge in [0.25, 0.3) is 0 Å². The lowest BCUT2D eigenvalue weighted by molar-refractivity contribution is 0.380. The summed E-state index contributed by atoms with van der Waals surface area (Å²) in [4.78, 5) is 4.49. The molecule has 0 aliphatic carbocycles. The van der Waals surface area contributed by atoms with Gasteiger partial charge in [0.2, 0.25) is 11.7 Å². The topological polar surface area (TPSA) is 78.9 Å². The number of halogens is 1. The molecule has 160 valence electrons. The van der Waals surface area contributed by atoms with Crippen molar-refractivity contribution in [2.24, 2.45) is 0 Å². The summed E-state index contributed by atoms with van der Waals surface area (Å²) in [6.07, 6.45) is 1.60. The van der Waals surface area contributed by atoms with Crippen molar-refractivity contribution in [2.75, 3.05) is 7.11 Å². The zero-order chi connectivity index (χ0) is 21.8. The largest absolute Gasteiger partial charge is 0.497 e. The second-order valence-electron chi connectivity index (χ2n) is 6.94. The Hall–Kier alpha value is -2.84. The third kappa shape index (κ3) is 4.75. The highest BCUT2D eigenvalue weighted by Crippen LogP contribution is 2.29. The van der Waals surface area contributed by atoms with Crippen LogP contribution in [0, 0.1) is 0 Å². The van der Waals surface area contributed by atoms with Gasteiger partial charge in [-0.2, -0.15) is 17.6 Å².